The lowest BCUT2D eigenvalue weighted by Crippen LogP contribution is -2.16. The average molecular weight is 231 g/mol. The summed E-state index contributed by atoms with van der Waals surface area (Å²) >= 11 is 3.38. The number of halogens is 1. The normalized spacial score (nSPS) is 10.0. The zero-order valence-electron chi connectivity index (χ0n) is 7.34. The van der Waals surface area contributed by atoms with E-state index in [1.165, 1.54) is 0 Å². The number of anilines is 1. The van der Waals surface area contributed by atoms with Crippen molar-refractivity contribution in [1.29, 1.82) is 0 Å². The molecule has 0 aliphatic heterocycles. The lowest BCUT2D eigenvalue weighted by Gasteiger charge is -2.14. The highest BCUT2D eigenvalue weighted by Crippen LogP contribution is 2.17. The first-order chi connectivity index (χ1) is 5.65. The van der Waals surface area contributed by atoms with Crippen LogP contribution in [0.5, 0.6) is 0 Å². The van der Waals surface area contributed by atoms with E-state index in [9.17, 15) is 0 Å². The van der Waals surface area contributed by atoms with Gasteiger partial charge in [0.05, 0.1) is 12.8 Å². The fourth-order valence-electron chi connectivity index (χ4n) is 0.800. The van der Waals surface area contributed by atoms with E-state index in [0.29, 0.717) is 0 Å². The molecule has 0 radical (unpaired) electrons. The largest absolute Gasteiger partial charge is 0.276 e. The number of aryl methyl sites for hydroxylation is 1. The molecule has 1 aromatic heterocycles. The Labute approximate surface area is 80.4 Å². The van der Waals surface area contributed by atoms with Crippen LogP contribution in [0.2, 0.25) is 0 Å². The van der Waals surface area contributed by atoms with Crippen molar-refractivity contribution in [2.75, 3.05) is 19.2 Å². The molecular formula is C8H11BrN2O. The van der Waals surface area contributed by atoms with Gasteiger partial charge in [-0.2, -0.15) is 0 Å². The van der Waals surface area contributed by atoms with Crippen LogP contribution in [-0.2, 0) is 4.84 Å². The van der Waals surface area contributed by atoms with Crippen molar-refractivity contribution in [2.45, 2.75) is 6.92 Å². The zero-order chi connectivity index (χ0) is 9.14. The second-order valence-electron chi connectivity index (χ2n) is 2.42. The Morgan fingerprint density at radius 3 is 2.67 bits per heavy atom. The number of nitrogens with zero attached hydrogens (tertiary/aromatic N) is 2. The molecule has 0 aliphatic carbocycles. The number of rotatable bonds is 2. The van der Waals surface area contributed by atoms with Crippen LogP contribution in [0, 0.1) is 6.92 Å². The van der Waals surface area contributed by atoms with E-state index in [2.05, 4.69) is 20.9 Å². The van der Waals surface area contributed by atoms with Gasteiger partial charge in [-0.15, -0.1) is 0 Å². The molecule has 0 saturated heterocycles. The lowest BCUT2D eigenvalue weighted by molar-refractivity contribution is 0.182. The topological polar surface area (TPSA) is 25.4 Å². The third-order valence-electron chi connectivity index (χ3n) is 1.60. The lowest BCUT2D eigenvalue weighted by atomic mass is 10.4. The molecule has 3 nitrogen and oxygen atoms in total. The van der Waals surface area contributed by atoms with E-state index in [1.54, 1.807) is 12.2 Å². The van der Waals surface area contributed by atoms with Crippen LogP contribution in [0.3, 0.4) is 0 Å². The van der Waals surface area contributed by atoms with Crippen LogP contribution in [0.1, 0.15) is 5.69 Å². The quantitative estimate of drug-likeness (QED) is 0.729. The zero-order valence-corrected chi connectivity index (χ0v) is 8.92. The summed E-state index contributed by atoms with van der Waals surface area (Å²) in [5.41, 5.74) is 0.955. The summed E-state index contributed by atoms with van der Waals surface area (Å²) in [6.45, 7) is 1.94. The minimum Gasteiger partial charge on any atom is -0.276 e. The predicted molar refractivity (Wildman–Crippen MR) is 52.1 cm³/mol. The Balaban J connectivity index is 2.96. The van der Waals surface area contributed by atoms with Crippen LogP contribution in [0.4, 0.5) is 5.82 Å². The Kier molecular flexibility index (Phi) is 3.05. The van der Waals surface area contributed by atoms with Gasteiger partial charge in [-0.3, -0.25) is 4.84 Å². The highest BCUT2D eigenvalue weighted by atomic mass is 79.9. The molecule has 1 aromatic rings. The molecule has 0 aliphatic rings. The molecule has 0 unspecified atom stereocenters. The number of aromatic nitrogens is 1. The van der Waals surface area contributed by atoms with Gasteiger partial charge in [-0.1, -0.05) is 0 Å². The van der Waals surface area contributed by atoms with Crippen molar-refractivity contribution >= 4 is 21.7 Å². The highest BCUT2D eigenvalue weighted by molar-refractivity contribution is 9.10. The third-order valence-corrected chi connectivity index (χ3v) is 2.44. The maximum atomic E-state index is 4.99. The predicted octanol–water partition coefficient (Wildman–Crippen LogP) is 2.15. The molecule has 4 heteroatoms. The van der Waals surface area contributed by atoms with Gasteiger partial charge in [0.1, 0.15) is 0 Å². The van der Waals surface area contributed by atoms with E-state index in [-0.39, 0.29) is 0 Å². The van der Waals surface area contributed by atoms with Crippen molar-refractivity contribution in [3.05, 3.63) is 22.3 Å². The molecular weight excluding hydrogens is 220 g/mol. The fraction of sp³-hybridized carbons (Fsp3) is 0.375. The Hall–Kier alpha value is -0.610. The van der Waals surface area contributed by atoms with Gasteiger partial charge in [0.15, 0.2) is 5.82 Å². The summed E-state index contributed by atoms with van der Waals surface area (Å²) in [5.74, 6) is 0.804. The van der Waals surface area contributed by atoms with Gasteiger partial charge in [0, 0.05) is 11.5 Å². The minimum absolute atomic E-state index is 0.804. The number of pyridine rings is 1. The van der Waals surface area contributed by atoms with Crippen molar-refractivity contribution in [3.8, 4) is 0 Å². The van der Waals surface area contributed by atoms with Crippen LogP contribution >= 0.6 is 15.9 Å². The summed E-state index contributed by atoms with van der Waals surface area (Å²) < 4.78 is 1.01. The molecule has 0 saturated carbocycles. The van der Waals surface area contributed by atoms with Gasteiger partial charge in [-0.25, -0.2) is 10.0 Å². The molecule has 1 heterocycles. The van der Waals surface area contributed by atoms with Crippen molar-refractivity contribution in [3.63, 3.8) is 0 Å². The fourth-order valence-corrected chi connectivity index (χ4v) is 1.02. The molecule has 12 heavy (non-hydrogen) atoms. The molecule has 0 atom stereocenters. The number of hydroxylamine groups is 1. The molecule has 0 bridgehead atoms. The summed E-state index contributed by atoms with van der Waals surface area (Å²) in [4.78, 5) is 9.28. The standard InChI is InChI=1S/C8H11BrN2O/c1-6-7(9)4-5-8(10-6)11(2)12-3/h4-5H,1-3H3. The molecule has 0 fully saturated rings. The van der Waals surface area contributed by atoms with Gasteiger partial charge in [0.25, 0.3) is 0 Å². The van der Waals surface area contributed by atoms with Crippen molar-refractivity contribution in [2.24, 2.45) is 0 Å². The molecule has 0 amide bonds. The summed E-state index contributed by atoms with van der Waals surface area (Å²) in [5, 5.41) is 1.61. The summed E-state index contributed by atoms with van der Waals surface area (Å²) in [6, 6.07) is 3.84. The number of hydrogen-bond donors (Lipinski definition) is 0. The Morgan fingerprint density at radius 2 is 2.17 bits per heavy atom. The van der Waals surface area contributed by atoms with E-state index in [1.807, 2.05) is 26.1 Å². The van der Waals surface area contributed by atoms with E-state index in [0.717, 1.165) is 16.0 Å². The van der Waals surface area contributed by atoms with Crippen molar-refractivity contribution in [1.82, 2.24) is 4.98 Å². The first-order valence-corrected chi connectivity index (χ1v) is 4.35. The smallest absolute Gasteiger partial charge is 0.152 e. The minimum atomic E-state index is 0.804. The summed E-state index contributed by atoms with van der Waals surface area (Å²) in [7, 11) is 3.43. The first kappa shape index (κ1) is 9.48. The third kappa shape index (κ3) is 1.95. The first-order valence-electron chi connectivity index (χ1n) is 3.56. The van der Waals surface area contributed by atoms with Gasteiger partial charge < -0.3 is 0 Å². The average Bonchev–Trinajstić information content (AvgIpc) is 2.08. The molecule has 1 rings (SSSR count). The number of hydrogen-bond acceptors (Lipinski definition) is 3. The molecule has 0 spiro atoms. The van der Waals surface area contributed by atoms with Gasteiger partial charge in [0.2, 0.25) is 0 Å². The monoisotopic (exact) mass is 230 g/mol. The maximum Gasteiger partial charge on any atom is 0.152 e. The van der Waals surface area contributed by atoms with Crippen molar-refractivity contribution < 1.29 is 4.84 Å². The molecule has 66 valence electrons. The van der Waals surface area contributed by atoms with Gasteiger partial charge in [-0.05, 0) is 35.0 Å². The Morgan fingerprint density at radius 1 is 1.50 bits per heavy atom. The van der Waals surface area contributed by atoms with Crippen LogP contribution in [0.15, 0.2) is 16.6 Å². The van der Waals surface area contributed by atoms with E-state index >= 15 is 0 Å². The van der Waals surface area contributed by atoms with E-state index < -0.39 is 0 Å². The van der Waals surface area contributed by atoms with Crippen LogP contribution in [-0.4, -0.2) is 19.1 Å². The van der Waals surface area contributed by atoms with Crippen LogP contribution < -0.4 is 5.06 Å². The second kappa shape index (κ2) is 3.87. The highest BCUT2D eigenvalue weighted by Gasteiger charge is 2.02. The van der Waals surface area contributed by atoms with E-state index in [4.69, 9.17) is 4.84 Å². The van der Waals surface area contributed by atoms with Crippen LogP contribution in [0.25, 0.3) is 0 Å². The maximum absolute atomic E-state index is 4.99. The SMILES string of the molecule is CON(C)c1ccc(Br)c(C)n1. The molecule has 0 N–H and O–H groups in total. The second-order valence-corrected chi connectivity index (χ2v) is 3.27. The van der Waals surface area contributed by atoms with Gasteiger partial charge >= 0.3 is 0 Å². The molecule has 0 aromatic carbocycles. The Bertz CT molecular complexity index is 278. The summed E-state index contributed by atoms with van der Waals surface area (Å²) in [6.07, 6.45) is 0.